The molecule has 114 valence electrons. The second-order valence-corrected chi connectivity index (χ2v) is 6.70. The van der Waals surface area contributed by atoms with E-state index in [2.05, 4.69) is 30.9 Å². The van der Waals surface area contributed by atoms with Gasteiger partial charge in [0.25, 0.3) is 0 Å². The zero-order valence-electron chi connectivity index (χ0n) is 13.2. The van der Waals surface area contributed by atoms with Gasteiger partial charge in [0.15, 0.2) is 0 Å². The number of rotatable bonds is 5. The molecule has 0 aliphatic heterocycles. The van der Waals surface area contributed by atoms with E-state index in [9.17, 15) is 5.11 Å². The maximum absolute atomic E-state index is 10.9. The number of nitrogens with zero attached hydrogens (tertiary/aromatic N) is 3. The van der Waals surface area contributed by atoms with Gasteiger partial charge in [-0.1, -0.05) is 32.6 Å². The fourth-order valence-electron chi connectivity index (χ4n) is 3.46. The second kappa shape index (κ2) is 6.70. The Balaban J connectivity index is 2.02. The summed E-state index contributed by atoms with van der Waals surface area (Å²) in [4.78, 5) is 4.35. The smallest absolute Gasteiger partial charge is 0.138 e. The highest BCUT2D eigenvalue weighted by atomic mass is 16.3. The zero-order valence-corrected chi connectivity index (χ0v) is 13.2. The van der Waals surface area contributed by atoms with Crippen molar-refractivity contribution in [2.75, 3.05) is 0 Å². The van der Waals surface area contributed by atoms with Gasteiger partial charge in [-0.3, -0.25) is 0 Å². The van der Waals surface area contributed by atoms with Crippen molar-refractivity contribution in [2.45, 2.75) is 83.8 Å². The molecule has 1 saturated carbocycles. The van der Waals surface area contributed by atoms with E-state index in [0.29, 0.717) is 12.5 Å². The van der Waals surface area contributed by atoms with Gasteiger partial charge in [0.1, 0.15) is 12.2 Å². The summed E-state index contributed by atoms with van der Waals surface area (Å²) >= 11 is 0. The van der Waals surface area contributed by atoms with Crippen molar-refractivity contribution in [1.82, 2.24) is 14.8 Å². The summed E-state index contributed by atoms with van der Waals surface area (Å²) in [6, 6.07) is 0.301. The molecule has 1 heterocycles. The van der Waals surface area contributed by atoms with E-state index >= 15 is 0 Å². The topological polar surface area (TPSA) is 50.9 Å². The molecule has 2 rings (SSSR count). The average molecular weight is 279 g/mol. The number of hydrogen-bond donors (Lipinski definition) is 1. The molecule has 2 unspecified atom stereocenters. The molecule has 0 amide bonds. The first-order chi connectivity index (χ1) is 9.54. The standard InChI is InChI=1S/C16H29N3O/c1-4-6-14-7-5-9-16(20,10-8-14)11-15-17-12-18-19(15)13(2)3/h12-14,20H,4-11H2,1-3H3. The maximum Gasteiger partial charge on any atom is 0.138 e. The normalized spacial score (nSPS) is 27.8. The van der Waals surface area contributed by atoms with E-state index in [-0.39, 0.29) is 0 Å². The minimum atomic E-state index is -0.581. The Kier molecular flexibility index (Phi) is 5.19. The van der Waals surface area contributed by atoms with Crippen molar-refractivity contribution in [3.63, 3.8) is 0 Å². The third kappa shape index (κ3) is 3.81. The molecule has 0 radical (unpaired) electrons. The van der Waals surface area contributed by atoms with Crippen LogP contribution in [0.2, 0.25) is 0 Å². The highest BCUT2D eigenvalue weighted by Gasteiger charge is 2.32. The van der Waals surface area contributed by atoms with Gasteiger partial charge >= 0.3 is 0 Å². The van der Waals surface area contributed by atoms with Crippen LogP contribution in [0.15, 0.2) is 6.33 Å². The lowest BCUT2D eigenvalue weighted by Crippen LogP contribution is -2.32. The van der Waals surface area contributed by atoms with E-state index < -0.39 is 5.60 Å². The highest BCUT2D eigenvalue weighted by Crippen LogP contribution is 2.34. The SMILES string of the molecule is CCCC1CCCC(O)(Cc2ncnn2C(C)C)CC1. The van der Waals surface area contributed by atoms with E-state index in [1.54, 1.807) is 6.33 Å². The lowest BCUT2D eigenvalue weighted by molar-refractivity contribution is 0.0210. The van der Waals surface area contributed by atoms with Crippen LogP contribution in [-0.4, -0.2) is 25.5 Å². The summed E-state index contributed by atoms with van der Waals surface area (Å²) < 4.78 is 1.94. The lowest BCUT2D eigenvalue weighted by atomic mass is 9.89. The fraction of sp³-hybridized carbons (Fsp3) is 0.875. The quantitative estimate of drug-likeness (QED) is 0.839. The van der Waals surface area contributed by atoms with Gasteiger partial charge in [0, 0.05) is 12.5 Å². The molecule has 0 aromatic carbocycles. The molecule has 2 atom stereocenters. The number of aromatic nitrogens is 3. The van der Waals surface area contributed by atoms with Crippen LogP contribution in [0.1, 0.15) is 77.6 Å². The first kappa shape index (κ1) is 15.5. The average Bonchev–Trinajstić information content (AvgIpc) is 2.76. The highest BCUT2D eigenvalue weighted by molar-refractivity contribution is 4.97. The van der Waals surface area contributed by atoms with Gasteiger partial charge < -0.3 is 5.11 Å². The monoisotopic (exact) mass is 279 g/mol. The Morgan fingerprint density at radius 1 is 1.40 bits per heavy atom. The second-order valence-electron chi connectivity index (χ2n) is 6.70. The van der Waals surface area contributed by atoms with Crippen LogP contribution in [0.3, 0.4) is 0 Å². The molecular weight excluding hydrogens is 250 g/mol. The fourth-order valence-corrected chi connectivity index (χ4v) is 3.46. The molecule has 1 fully saturated rings. The Morgan fingerprint density at radius 3 is 2.90 bits per heavy atom. The van der Waals surface area contributed by atoms with Crippen molar-refractivity contribution in [3.05, 3.63) is 12.2 Å². The van der Waals surface area contributed by atoms with Crippen LogP contribution < -0.4 is 0 Å². The van der Waals surface area contributed by atoms with Crippen molar-refractivity contribution >= 4 is 0 Å². The van der Waals surface area contributed by atoms with Crippen molar-refractivity contribution in [2.24, 2.45) is 5.92 Å². The Bertz CT molecular complexity index is 416. The lowest BCUT2D eigenvalue weighted by Gasteiger charge is -2.27. The summed E-state index contributed by atoms with van der Waals surface area (Å²) in [6.07, 6.45) is 10.2. The molecule has 1 aliphatic carbocycles. The van der Waals surface area contributed by atoms with E-state index in [1.165, 1.54) is 19.3 Å². The molecule has 4 heteroatoms. The number of aliphatic hydroxyl groups is 1. The van der Waals surface area contributed by atoms with Gasteiger partial charge in [-0.05, 0) is 39.0 Å². The summed E-state index contributed by atoms with van der Waals surface area (Å²) in [7, 11) is 0. The van der Waals surface area contributed by atoms with Crippen LogP contribution in [0.4, 0.5) is 0 Å². The third-order valence-corrected chi connectivity index (χ3v) is 4.59. The minimum absolute atomic E-state index is 0.301. The molecule has 0 bridgehead atoms. The predicted octanol–water partition coefficient (Wildman–Crippen LogP) is 3.51. The van der Waals surface area contributed by atoms with Crippen molar-refractivity contribution < 1.29 is 5.11 Å². The Hall–Kier alpha value is -0.900. The van der Waals surface area contributed by atoms with Gasteiger partial charge in [0.05, 0.1) is 5.60 Å². The third-order valence-electron chi connectivity index (χ3n) is 4.59. The van der Waals surface area contributed by atoms with Crippen molar-refractivity contribution in [3.8, 4) is 0 Å². The maximum atomic E-state index is 10.9. The Labute approximate surface area is 122 Å². The number of hydrogen-bond acceptors (Lipinski definition) is 3. The first-order valence-corrected chi connectivity index (χ1v) is 8.15. The molecule has 0 spiro atoms. The molecule has 1 aromatic heterocycles. The molecule has 0 saturated heterocycles. The molecular formula is C16H29N3O. The van der Waals surface area contributed by atoms with Crippen LogP contribution in [-0.2, 0) is 6.42 Å². The van der Waals surface area contributed by atoms with E-state index in [0.717, 1.165) is 37.4 Å². The van der Waals surface area contributed by atoms with Crippen LogP contribution >= 0.6 is 0 Å². The zero-order chi connectivity index (χ0) is 14.6. The van der Waals surface area contributed by atoms with Crippen LogP contribution in [0.25, 0.3) is 0 Å². The first-order valence-electron chi connectivity index (χ1n) is 8.15. The van der Waals surface area contributed by atoms with Crippen molar-refractivity contribution in [1.29, 1.82) is 0 Å². The predicted molar refractivity (Wildman–Crippen MR) is 80.5 cm³/mol. The van der Waals surface area contributed by atoms with Crippen LogP contribution in [0.5, 0.6) is 0 Å². The molecule has 4 nitrogen and oxygen atoms in total. The minimum Gasteiger partial charge on any atom is -0.389 e. The molecule has 1 aliphatic rings. The summed E-state index contributed by atoms with van der Waals surface area (Å²) in [5.74, 6) is 1.73. The van der Waals surface area contributed by atoms with Gasteiger partial charge in [-0.2, -0.15) is 5.10 Å². The van der Waals surface area contributed by atoms with Gasteiger partial charge in [-0.15, -0.1) is 0 Å². The Morgan fingerprint density at radius 2 is 2.20 bits per heavy atom. The van der Waals surface area contributed by atoms with E-state index in [4.69, 9.17) is 0 Å². The molecule has 20 heavy (non-hydrogen) atoms. The largest absolute Gasteiger partial charge is 0.389 e. The molecule has 1 aromatic rings. The summed E-state index contributed by atoms with van der Waals surface area (Å²) in [5, 5.41) is 15.2. The summed E-state index contributed by atoms with van der Waals surface area (Å²) in [6.45, 7) is 6.46. The van der Waals surface area contributed by atoms with Gasteiger partial charge in [0.2, 0.25) is 0 Å². The van der Waals surface area contributed by atoms with Gasteiger partial charge in [-0.25, -0.2) is 9.67 Å². The molecule has 1 N–H and O–H groups in total. The summed E-state index contributed by atoms with van der Waals surface area (Å²) in [5.41, 5.74) is -0.581. The van der Waals surface area contributed by atoms with E-state index in [1.807, 2.05) is 4.68 Å². The van der Waals surface area contributed by atoms with Crippen LogP contribution in [0, 0.1) is 5.92 Å².